The van der Waals surface area contributed by atoms with Gasteiger partial charge in [-0.25, -0.2) is 0 Å². The summed E-state index contributed by atoms with van der Waals surface area (Å²) >= 11 is 18.2. The summed E-state index contributed by atoms with van der Waals surface area (Å²) < 4.78 is 0. The summed E-state index contributed by atoms with van der Waals surface area (Å²) in [6.45, 7) is 4.64. The van der Waals surface area contributed by atoms with Crippen LogP contribution in [0.4, 0.5) is 0 Å². The maximum atomic E-state index is 9.68. The Morgan fingerprint density at radius 1 is 1.28 bits per heavy atom. The van der Waals surface area contributed by atoms with Crippen molar-refractivity contribution in [3.63, 3.8) is 0 Å². The first-order valence-corrected chi connectivity index (χ1v) is 7.01. The fourth-order valence-electron chi connectivity index (χ4n) is 2.21. The number of nitrogens with one attached hydrogen (secondary N) is 1. The third kappa shape index (κ3) is 2.50. The molecule has 5 heteroatoms. The lowest BCUT2D eigenvalue weighted by atomic mass is 9.64. The van der Waals surface area contributed by atoms with Crippen LogP contribution in [-0.2, 0) is 6.54 Å². The Morgan fingerprint density at radius 2 is 1.89 bits per heavy atom. The smallest absolute Gasteiger partial charge is 0.0652 e. The predicted molar refractivity (Wildman–Crippen MR) is 76.5 cm³/mol. The molecule has 100 valence electrons. The van der Waals surface area contributed by atoms with Crippen LogP contribution in [-0.4, -0.2) is 17.3 Å². The average Bonchev–Trinajstić information content (AvgIpc) is 2.32. The molecule has 0 bridgehead atoms. The van der Waals surface area contributed by atoms with E-state index >= 15 is 0 Å². The van der Waals surface area contributed by atoms with Crippen LogP contribution in [0.25, 0.3) is 0 Å². The van der Waals surface area contributed by atoms with E-state index in [-0.39, 0.29) is 17.6 Å². The normalized spacial score (nSPS) is 25.9. The van der Waals surface area contributed by atoms with Gasteiger partial charge in [0.05, 0.1) is 16.1 Å². The molecule has 0 spiro atoms. The summed E-state index contributed by atoms with van der Waals surface area (Å²) in [6.07, 6.45) is 0.503. The quantitative estimate of drug-likeness (QED) is 0.830. The molecule has 2 nitrogen and oxygen atoms in total. The summed E-state index contributed by atoms with van der Waals surface area (Å²) in [7, 11) is 0. The molecule has 0 amide bonds. The SMILES string of the molecule is CC1(C)C(O)CC1NCc1c(Cl)ccc(Cl)c1Cl. The van der Waals surface area contributed by atoms with Gasteiger partial charge < -0.3 is 10.4 Å². The van der Waals surface area contributed by atoms with E-state index in [9.17, 15) is 5.11 Å². The minimum atomic E-state index is -0.250. The molecule has 0 heterocycles. The monoisotopic (exact) mass is 307 g/mol. The van der Waals surface area contributed by atoms with Crippen LogP contribution in [0.3, 0.4) is 0 Å². The van der Waals surface area contributed by atoms with Gasteiger partial charge in [-0.1, -0.05) is 48.7 Å². The molecule has 1 aliphatic rings. The number of aliphatic hydroxyl groups is 1. The number of benzene rings is 1. The van der Waals surface area contributed by atoms with Gasteiger partial charge in [0.2, 0.25) is 0 Å². The molecule has 2 atom stereocenters. The van der Waals surface area contributed by atoms with Crippen LogP contribution >= 0.6 is 34.8 Å². The number of hydrogen-bond acceptors (Lipinski definition) is 2. The summed E-state index contributed by atoms with van der Waals surface area (Å²) in [6, 6.07) is 3.69. The second-order valence-electron chi connectivity index (χ2n) is 5.33. The maximum absolute atomic E-state index is 9.68. The molecular formula is C13H16Cl3NO. The van der Waals surface area contributed by atoms with Crippen molar-refractivity contribution < 1.29 is 5.11 Å². The van der Waals surface area contributed by atoms with Crippen molar-refractivity contribution in [1.29, 1.82) is 0 Å². The lowest BCUT2D eigenvalue weighted by Gasteiger charge is -2.49. The molecule has 1 aliphatic carbocycles. The van der Waals surface area contributed by atoms with Crippen LogP contribution in [0.5, 0.6) is 0 Å². The lowest BCUT2D eigenvalue weighted by molar-refractivity contribution is -0.0729. The van der Waals surface area contributed by atoms with Crippen molar-refractivity contribution in [3.8, 4) is 0 Å². The van der Waals surface area contributed by atoms with Crippen LogP contribution in [0.15, 0.2) is 12.1 Å². The highest BCUT2D eigenvalue weighted by Gasteiger charge is 2.46. The standard InChI is InChI=1S/C13H16Cl3NO/c1-13(2)10(5-11(13)18)17-6-7-8(14)3-4-9(15)12(7)16/h3-4,10-11,17-18H,5-6H2,1-2H3. The topological polar surface area (TPSA) is 32.3 Å². The Hall–Kier alpha value is 0.01000. The van der Waals surface area contributed by atoms with Crippen LogP contribution < -0.4 is 5.32 Å². The predicted octanol–water partition coefficient (Wildman–Crippen LogP) is 3.90. The molecule has 1 saturated carbocycles. The number of hydrogen-bond donors (Lipinski definition) is 2. The van der Waals surface area contributed by atoms with Gasteiger partial charge in [0.1, 0.15) is 0 Å². The average molecular weight is 309 g/mol. The zero-order valence-corrected chi connectivity index (χ0v) is 12.6. The summed E-state index contributed by atoms with van der Waals surface area (Å²) in [5.41, 5.74) is 0.695. The minimum Gasteiger partial charge on any atom is -0.392 e. The van der Waals surface area contributed by atoms with Gasteiger partial charge in [-0.05, 0) is 18.6 Å². The van der Waals surface area contributed by atoms with E-state index < -0.39 is 0 Å². The molecule has 1 aromatic carbocycles. The van der Waals surface area contributed by atoms with Crippen LogP contribution in [0.2, 0.25) is 15.1 Å². The van der Waals surface area contributed by atoms with Gasteiger partial charge in [-0.2, -0.15) is 0 Å². The fraction of sp³-hybridized carbons (Fsp3) is 0.538. The van der Waals surface area contributed by atoms with Gasteiger partial charge in [-0.15, -0.1) is 0 Å². The lowest BCUT2D eigenvalue weighted by Crippen LogP contribution is -2.59. The van der Waals surface area contributed by atoms with Gasteiger partial charge in [0.25, 0.3) is 0 Å². The molecule has 0 aromatic heterocycles. The largest absolute Gasteiger partial charge is 0.392 e. The highest BCUT2D eigenvalue weighted by atomic mass is 35.5. The Kier molecular flexibility index (Phi) is 4.15. The van der Waals surface area contributed by atoms with Gasteiger partial charge >= 0.3 is 0 Å². The number of aliphatic hydroxyl groups excluding tert-OH is 1. The van der Waals surface area contributed by atoms with Crippen molar-refractivity contribution in [2.75, 3.05) is 0 Å². The molecule has 0 aliphatic heterocycles. The highest BCUT2D eigenvalue weighted by Crippen LogP contribution is 2.41. The first kappa shape index (κ1) is 14.4. The fourth-order valence-corrected chi connectivity index (χ4v) is 2.89. The molecule has 18 heavy (non-hydrogen) atoms. The van der Waals surface area contributed by atoms with Crippen molar-refractivity contribution in [3.05, 3.63) is 32.8 Å². The highest BCUT2D eigenvalue weighted by molar-refractivity contribution is 6.44. The minimum absolute atomic E-state index is 0.114. The summed E-state index contributed by atoms with van der Waals surface area (Å²) in [4.78, 5) is 0. The number of halogens is 3. The van der Waals surface area contributed by atoms with E-state index in [1.807, 2.05) is 13.8 Å². The molecule has 1 fully saturated rings. The molecule has 1 aromatic rings. The third-order valence-electron chi connectivity index (χ3n) is 3.88. The Morgan fingerprint density at radius 3 is 2.44 bits per heavy atom. The zero-order valence-electron chi connectivity index (χ0n) is 10.3. The van der Waals surface area contributed by atoms with E-state index in [2.05, 4.69) is 5.32 Å². The molecular weight excluding hydrogens is 293 g/mol. The van der Waals surface area contributed by atoms with Gasteiger partial charge in [0.15, 0.2) is 0 Å². The van der Waals surface area contributed by atoms with E-state index in [1.165, 1.54) is 0 Å². The maximum Gasteiger partial charge on any atom is 0.0652 e. The zero-order chi connectivity index (χ0) is 13.5. The van der Waals surface area contributed by atoms with Crippen LogP contribution in [0.1, 0.15) is 25.8 Å². The first-order chi connectivity index (χ1) is 8.34. The summed E-state index contributed by atoms with van der Waals surface area (Å²) in [5, 5.41) is 14.7. The van der Waals surface area contributed by atoms with Gasteiger partial charge in [0, 0.05) is 28.6 Å². The van der Waals surface area contributed by atoms with E-state index in [1.54, 1.807) is 12.1 Å². The molecule has 0 radical (unpaired) electrons. The van der Waals surface area contributed by atoms with Crippen molar-refractivity contribution in [2.24, 2.45) is 5.41 Å². The Balaban J connectivity index is 2.06. The van der Waals surface area contributed by atoms with E-state index in [4.69, 9.17) is 34.8 Å². The number of rotatable bonds is 3. The second-order valence-corrected chi connectivity index (χ2v) is 6.52. The molecule has 0 saturated heterocycles. The molecule has 2 unspecified atom stereocenters. The van der Waals surface area contributed by atoms with Crippen LogP contribution in [0, 0.1) is 5.41 Å². The van der Waals surface area contributed by atoms with Crippen molar-refractivity contribution in [1.82, 2.24) is 5.32 Å². The van der Waals surface area contributed by atoms with Crippen molar-refractivity contribution in [2.45, 2.75) is 39.0 Å². The Labute approximate surface area is 122 Å². The first-order valence-electron chi connectivity index (χ1n) is 5.88. The van der Waals surface area contributed by atoms with E-state index in [0.29, 0.717) is 21.6 Å². The summed E-state index contributed by atoms with van der Waals surface area (Å²) in [5.74, 6) is 0. The third-order valence-corrected chi connectivity index (χ3v) is 5.08. The second kappa shape index (κ2) is 5.18. The Bertz CT molecular complexity index is 462. The molecule has 2 N–H and O–H groups in total. The molecule has 2 rings (SSSR count). The van der Waals surface area contributed by atoms with Crippen molar-refractivity contribution >= 4 is 34.8 Å². The van der Waals surface area contributed by atoms with Gasteiger partial charge in [-0.3, -0.25) is 0 Å². The van der Waals surface area contributed by atoms with E-state index in [0.717, 1.165) is 12.0 Å².